The lowest BCUT2D eigenvalue weighted by Crippen LogP contribution is -2.12. The van der Waals surface area contributed by atoms with E-state index in [2.05, 4.69) is 4.74 Å². The second kappa shape index (κ2) is 7.70. The molecule has 1 aromatic rings. The fraction of sp³-hybridized carbons (Fsp3) is 0.417. The first-order valence-corrected chi connectivity index (χ1v) is 5.24. The van der Waals surface area contributed by atoms with Gasteiger partial charge in [0.15, 0.2) is 6.79 Å². The first-order valence-electron chi connectivity index (χ1n) is 5.24. The minimum Gasteiger partial charge on any atom is -0.434 e. The van der Waals surface area contributed by atoms with E-state index in [0.29, 0.717) is 19.6 Å². The Labute approximate surface area is 95.1 Å². The minimum atomic E-state index is -0.690. The Morgan fingerprint density at radius 1 is 1.19 bits per heavy atom. The van der Waals surface area contributed by atoms with Crippen molar-refractivity contribution in [3.63, 3.8) is 0 Å². The molecule has 88 valence electrons. The number of hydrogen-bond acceptors (Lipinski definition) is 4. The first kappa shape index (κ1) is 12.5. The van der Waals surface area contributed by atoms with E-state index in [1.165, 1.54) is 0 Å². The van der Waals surface area contributed by atoms with Gasteiger partial charge in [0.1, 0.15) is 0 Å². The van der Waals surface area contributed by atoms with E-state index in [4.69, 9.17) is 9.47 Å². The molecule has 4 nitrogen and oxygen atoms in total. The Hall–Kier alpha value is -1.55. The van der Waals surface area contributed by atoms with Gasteiger partial charge in [0.2, 0.25) is 0 Å². The summed E-state index contributed by atoms with van der Waals surface area (Å²) in [4.78, 5) is 11.0. The van der Waals surface area contributed by atoms with Gasteiger partial charge < -0.3 is 14.2 Å². The monoisotopic (exact) mass is 224 g/mol. The van der Waals surface area contributed by atoms with Gasteiger partial charge in [-0.3, -0.25) is 0 Å². The van der Waals surface area contributed by atoms with Crippen molar-refractivity contribution in [1.82, 2.24) is 0 Å². The summed E-state index contributed by atoms with van der Waals surface area (Å²) in [6, 6.07) is 9.80. The quantitative estimate of drug-likeness (QED) is 0.423. The van der Waals surface area contributed by atoms with E-state index in [-0.39, 0.29) is 6.79 Å². The molecule has 0 heterocycles. The van der Waals surface area contributed by atoms with Gasteiger partial charge in [0.25, 0.3) is 0 Å². The second-order valence-corrected chi connectivity index (χ2v) is 3.09. The number of carbonyl (C=O) groups excluding carboxylic acids is 1. The molecule has 16 heavy (non-hydrogen) atoms. The van der Waals surface area contributed by atoms with Crippen LogP contribution in [0, 0.1) is 0 Å². The van der Waals surface area contributed by atoms with Crippen LogP contribution in [-0.4, -0.2) is 26.2 Å². The lowest BCUT2D eigenvalue weighted by Gasteiger charge is -2.05. The van der Waals surface area contributed by atoms with Crippen LogP contribution in [0.15, 0.2) is 30.3 Å². The normalized spacial score (nSPS) is 9.81. The van der Waals surface area contributed by atoms with Crippen LogP contribution < -0.4 is 0 Å². The van der Waals surface area contributed by atoms with Crippen molar-refractivity contribution >= 4 is 6.16 Å². The van der Waals surface area contributed by atoms with Crippen LogP contribution in [0.2, 0.25) is 0 Å². The molecule has 0 spiro atoms. The van der Waals surface area contributed by atoms with Gasteiger partial charge >= 0.3 is 6.16 Å². The maximum atomic E-state index is 11.0. The van der Waals surface area contributed by atoms with E-state index < -0.39 is 6.16 Å². The third-order valence-corrected chi connectivity index (χ3v) is 1.92. The van der Waals surface area contributed by atoms with Crippen molar-refractivity contribution < 1.29 is 19.0 Å². The van der Waals surface area contributed by atoms with E-state index >= 15 is 0 Å². The summed E-state index contributed by atoms with van der Waals surface area (Å²) >= 11 is 0. The molecule has 0 saturated carbocycles. The van der Waals surface area contributed by atoms with Crippen molar-refractivity contribution in [3.05, 3.63) is 35.9 Å². The number of benzene rings is 1. The minimum absolute atomic E-state index is 0.0549. The highest BCUT2D eigenvalue weighted by atomic mass is 16.8. The fourth-order valence-electron chi connectivity index (χ4n) is 1.11. The van der Waals surface area contributed by atoms with Crippen molar-refractivity contribution in [2.45, 2.75) is 13.3 Å². The number of rotatable bonds is 6. The summed E-state index contributed by atoms with van der Waals surface area (Å²) in [5.74, 6) is 0. The molecule has 0 saturated heterocycles. The Kier molecular flexibility index (Phi) is 6.03. The highest BCUT2D eigenvalue weighted by Crippen LogP contribution is 2.00. The summed E-state index contributed by atoms with van der Waals surface area (Å²) in [5, 5.41) is 0. The van der Waals surface area contributed by atoms with E-state index in [0.717, 1.165) is 5.56 Å². The molecular formula is C12H16O4. The lowest BCUT2D eigenvalue weighted by molar-refractivity contribution is -0.0406. The van der Waals surface area contributed by atoms with Crippen LogP contribution in [0.5, 0.6) is 0 Å². The van der Waals surface area contributed by atoms with Crippen LogP contribution in [0.25, 0.3) is 0 Å². The largest absolute Gasteiger partial charge is 0.510 e. The molecule has 0 fully saturated rings. The zero-order valence-corrected chi connectivity index (χ0v) is 9.35. The average Bonchev–Trinajstić information content (AvgIpc) is 2.31. The van der Waals surface area contributed by atoms with Crippen LogP contribution >= 0.6 is 0 Å². The van der Waals surface area contributed by atoms with Crippen molar-refractivity contribution in [2.24, 2.45) is 0 Å². The molecule has 0 aromatic heterocycles. The molecule has 0 radical (unpaired) electrons. The maximum Gasteiger partial charge on any atom is 0.510 e. The Balaban J connectivity index is 2.09. The van der Waals surface area contributed by atoms with Gasteiger partial charge in [-0.15, -0.1) is 0 Å². The highest BCUT2D eigenvalue weighted by Gasteiger charge is 2.02. The zero-order chi connectivity index (χ0) is 11.6. The molecule has 0 atom stereocenters. The van der Waals surface area contributed by atoms with Crippen LogP contribution in [0.1, 0.15) is 12.5 Å². The molecule has 0 N–H and O–H groups in total. The van der Waals surface area contributed by atoms with Gasteiger partial charge in [-0.25, -0.2) is 4.79 Å². The van der Waals surface area contributed by atoms with Crippen molar-refractivity contribution in [3.8, 4) is 0 Å². The number of ether oxygens (including phenoxy) is 3. The zero-order valence-electron chi connectivity index (χ0n) is 9.35. The van der Waals surface area contributed by atoms with Gasteiger partial charge in [-0.1, -0.05) is 30.3 Å². The Bertz CT molecular complexity index is 297. The molecular weight excluding hydrogens is 208 g/mol. The Morgan fingerprint density at radius 3 is 2.62 bits per heavy atom. The predicted molar refractivity (Wildman–Crippen MR) is 59.1 cm³/mol. The van der Waals surface area contributed by atoms with Gasteiger partial charge in [0.05, 0.1) is 6.61 Å². The molecule has 0 aliphatic rings. The van der Waals surface area contributed by atoms with E-state index in [1.807, 2.05) is 37.3 Å². The third-order valence-electron chi connectivity index (χ3n) is 1.92. The summed E-state index contributed by atoms with van der Waals surface area (Å²) in [5.41, 5.74) is 1.13. The summed E-state index contributed by atoms with van der Waals surface area (Å²) < 4.78 is 14.3. The van der Waals surface area contributed by atoms with E-state index in [1.54, 1.807) is 0 Å². The second-order valence-electron chi connectivity index (χ2n) is 3.09. The maximum absolute atomic E-state index is 11.0. The smallest absolute Gasteiger partial charge is 0.434 e. The van der Waals surface area contributed by atoms with Crippen molar-refractivity contribution in [1.29, 1.82) is 0 Å². The average molecular weight is 224 g/mol. The standard InChI is InChI=1S/C12H16O4/c1-2-14-10-16-12(13)15-9-8-11-6-4-3-5-7-11/h3-7H,2,8-10H2,1H3. The molecule has 1 aromatic carbocycles. The summed E-state index contributed by atoms with van der Waals surface area (Å²) in [7, 11) is 0. The molecule has 0 amide bonds. The Morgan fingerprint density at radius 2 is 1.94 bits per heavy atom. The lowest BCUT2D eigenvalue weighted by atomic mass is 10.2. The van der Waals surface area contributed by atoms with Crippen LogP contribution in [-0.2, 0) is 20.6 Å². The molecule has 1 rings (SSSR count). The van der Waals surface area contributed by atoms with E-state index in [9.17, 15) is 4.79 Å². The van der Waals surface area contributed by atoms with Crippen molar-refractivity contribution in [2.75, 3.05) is 20.0 Å². The molecule has 0 aliphatic carbocycles. The predicted octanol–water partition coefficient (Wildman–Crippen LogP) is 2.38. The molecule has 0 unspecified atom stereocenters. The topological polar surface area (TPSA) is 44.8 Å². The van der Waals surface area contributed by atoms with Crippen LogP contribution in [0.3, 0.4) is 0 Å². The fourth-order valence-corrected chi connectivity index (χ4v) is 1.11. The van der Waals surface area contributed by atoms with Gasteiger partial charge in [-0.2, -0.15) is 0 Å². The number of hydrogen-bond donors (Lipinski definition) is 0. The third kappa shape index (κ3) is 5.36. The summed E-state index contributed by atoms with van der Waals surface area (Å²) in [6.45, 7) is 2.59. The molecule has 4 heteroatoms. The molecule has 0 bridgehead atoms. The summed E-state index contributed by atoms with van der Waals surface area (Å²) in [6.07, 6.45) is -0.00529. The first-order chi connectivity index (χ1) is 7.83. The SMILES string of the molecule is CCOCOC(=O)OCCc1ccccc1. The van der Waals surface area contributed by atoms with Crippen LogP contribution in [0.4, 0.5) is 4.79 Å². The highest BCUT2D eigenvalue weighted by molar-refractivity contribution is 5.59. The molecule has 0 aliphatic heterocycles. The van der Waals surface area contributed by atoms with Gasteiger partial charge in [0, 0.05) is 13.0 Å². The van der Waals surface area contributed by atoms with Gasteiger partial charge in [-0.05, 0) is 12.5 Å². The number of carbonyl (C=O) groups is 1.